The van der Waals surface area contributed by atoms with Crippen molar-refractivity contribution in [2.45, 2.75) is 51.5 Å². The maximum atomic E-state index is 12.3. The van der Waals surface area contributed by atoms with Crippen LogP contribution in [-0.2, 0) is 4.79 Å². The van der Waals surface area contributed by atoms with Gasteiger partial charge in [0.25, 0.3) is 0 Å². The van der Waals surface area contributed by atoms with Gasteiger partial charge in [0, 0.05) is 6.54 Å². The van der Waals surface area contributed by atoms with E-state index in [0.29, 0.717) is 5.92 Å². The lowest BCUT2D eigenvalue weighted by Crippen LogP contribution is -2.45. The lowest BCUT2D eigenvalue weighted by atomic mass is 9.93. The third kappa shape index (κ3) is 2.42. The van der Waals surface area contributed by atoms with Crippen LogP contribution in [0, 0.1) is 23.7 Å². The van der Waals surface area contributed by atoms with Crippen molar-refractivity contribution in [2.75, 3.05) is 13.1 Å². The molecule has 1 aliphatic heterocycles. The molecule has 5 atom stereocenters. The highest BCUT2D eigenvalue weighted by atomic mass is 16.2. The second-order valence-corrected chi connectivity index (χ2v) is 6.77. The van der Waals surface area contributed by atoms with E-state index in [-0.39, 0.29) is 11.9 Å². The summed E-state index contributed by atoms with van der Waals surface area (Å²) in [6.07, 6.45) is 7.82. The fraction of sp³-hybridized carbons (Fsp3) is 0.933. The molecule has 2 aliphatic carbocycles. The number of rotatable bonds is 3. The van der Waals surface area contributed by atoms with Crippen LogP contribution in [0.5, 0.6) is 0 Å². The van der Waals surface area contributed by atoms with Crippen molar-refractivity contribution in [3.8, 4) is 0 Å². The molecule has 3 rings (SSSR count). The fourth-order valence-corrected chi connectivity index (χ4v) is 4.34. The molecule has 0 bridgehead atoms. The molecule has 1 amide bonds. The van der Waals surface area contributed by atoms with Crippen LogP contribution in [0.1, 0.15) is 45.4 Å². The lowest BCUT2D eigenvalue weighted by Gasteiger charge is -2.19. The van der Waals surface area contributed by atoms with Crippen LogP contribution >= 0.6 is 0 Å². The topological polar surface area (TPSA) is 41.1 Å². The predicted molar refractivity (Wildman–Crippen MR) is 72.1 cm³/mol. The maximum Gasteiger partial charge on any atom is 0.237 e. The molecule has 3 fully saturated rings. The van der Waals surface area contributed by atoms with Crippen molar-refractivity contribution in [3.63, 3.8) is 0 Å². The zero-order valence-electron chi connectivity index (χ0n) is 11.5. The first-order valence-electron chi connectivity index (χ1n) is 7.75. The third-order valence-electron chi connectivity index (χ3n) is 5.40. The molecule has 0 spiro atoms. The van der Waals surface area contributed by atoms with Crippen LogP contribution in [0.2, 0.25) is 0 Å². The van der Waals surface area contributed by atoms with E-state index in [1.165, 1.54) is 38.5 Å². The number of amides is 1. The van der Waals surface area contributed by atoms with Gasteiger partial charge in [-0.2, -0.15) is 0 Å². The Bertz CT molecular complexity index is 318. The second-order valence-electron chi connectivity index (χ2n) is 6.77. The molecular formula is C15H26N2O. The van der Waals surface area contributed by atoms with E-state index in [2.05, 4.69) is 17.6 Å². The number of carbonyl (C=O) groups is 1. The highest BCUT2D eigenvalue weighted by molar-refractivity contribution is 5.82. The van der Waals surface area contributed by atoms with Gasteiger partial charge >= 0.3 is 0 Å². The SMILES string of the molecule is CC1CCC(CNC(=O)C2NCC3CCCC32)C1. The van der Waals surface area contributed by atoms with Crippen molar-refractivity contribution in [2.24, 2.45) is 23.7 Å². The monoisotopic (exact) mass is 250 g/mol. The van der Waals surface area contributed by atoms with Crippen LogP contribution < -0.4 is 10.6 Å². The Morgan fingerprint density at radius 3 is 2.94 bits per heavy atom. The van der Waals surface area contributed by atoms with Crippen LogP contribution in [0.4, 0.5) is 0 Å². The molecule has 2 saturated carbocycles. The summed E-state index contributed by atoms with van der Waals surface area (Å²) in [6, 6.07) is 0.108. The number of hydrogen-bond donors (Lipinski definition) is 2. The molecule has 3 nitrogen and oxygen atoms in total. The summed E-state index contributed by atoms with van der Waals surface area (Å²) < 4.78 is 0. The van der Waals surface area contributed by atoms with Crippen molar-refractivity contribution < 1.29 is 4.79 Å². The minimum absolute atomic E-state index is 0.108. The first-order valence-corrected chi connectivity index (χ1v) is 7.75. The predicted octanol–water partition coefficient (Wildman–Crippen LogP) is 1.93. The second kappa shape index (κ2) is 5.20. The lowest BCUT2D eigenvalue weighted by molar-refractivity contribution is -0.123. The summed E-state index contributed by atoms with van der Waals surface area (Å²) >= 11 is 0. The van der Waals surface area contributed by atoms with Crippen molar-refractivity contribution in [1.29, 1.82) is 0 Å². The molecule has 0 aromatic carbocycles. The first kappa shape index (κ1) is 12.5. The summed E-state index contributed by atoms with van der Waals surface area (Å²) in [6.45, 7) is 4.28. The summed E-state index contributed by atoms with van der Waals surface area (Å²) in [5, 5.41) is 6.63. The molecule has 18 heavy (non-hydrogen) atoms. The van der Waals surface area contributed by atoms with E-state index in [9.17, 15) is 4.79 Å². The number of hydrogen-bond acceptors (Lipinski definition) is 2. The zero-order chi connectivity index (χ0) is 12.5. The van der Waals surface area contributed by atoms with Crippen LogP contribution in [0.15, 0.2) is 0 Å². The number of fused-ring (bicyclic) bond motifs is 1. The number of carbonyl (C=O) groups excluding carboxylic acids is 1. The number of nitrogens with one attached hydrogen (secondary N) is 2. The molecule has 1 heterocycles. The quantitative estimate of drug-likeness (QED) is 0.803. The Morgan fingerprint density at radius 2 is 2.17 bits per heavy atom. The van der Waals surface area contributed by atoms with Gasteiger partial charge in [-0.05, 0) is 55.9 Å². The van der Waals surface area contributed by atoms with E-state index in [1.807, 2.05) is 0 Å². The molecule has 3 aliphatic rings. The molecule has 0 aromatic heterocycles. The standard InChI is InChI=1S/C15H26N2O/c1-10-5-6-11(7-10)8-17-15(18)14-13-4-2-3-12(13)9-16-14/h10-14,16H,2-9H2,1H3,(H,17,18). The van der Waals surface area contributed by atoms with E-state index >= 15 is 0 Å². The molecule has 0 aromatic rings. The van der Waals surface area contributed by atoms with Crippen molar-refractivity contribution in [3.05, 3.63) is 0 Å². The van der Waals surface area contributed by atoms with Gasteiger partial charge in [0.1, 0.15) is 0 Å². The molecule has 5 unspecified atom stereocenters. The summed E-state index contributed by atoms with van der Waals surface area (Å²) in [4.78, 5) is 12.3. The average Bonchev–Trinajstić information content (AvgIpc) is 3.01. The van der Waals surface area contributed by atoms with Gasteiger partial charge in [0.15, 0.2) is 0 Å². The fourth-order valence-electron chi connectivity index (χ4n) is 4.34. The van der Waals surface area contributed by atoms with Gasteiger partial charge in [-0.15, -0.1) is 0 Å². The van der Waals surface area contributed by atoms with Crippen LogP contribution in [-0.4, -0.2) is 25.0 Å². The minimum Gasteiger partial charge on any atom is -0.354 e. The Kier molecular flexibility index (Phi) is 3.60. The smallest absolute Gasteiger partial charge is 0.237 e. The molecular weight excluding hydrogens is 224 g/mol. The first-order chi connectivity index (χ1) is 8.74. The van der Waals surface area contributed by atoms with Crippen LogP contribution in [0.25, 0.3) is 0 Å². The van der Waals surface area contributed by atoms with Gasteiger partial charge in [-0.3, -0.25) is 4.79 Å². The Balaban J connectivity index is 1.47. The van der Waals surface area contributed by atoms with E-state index in [1.54, 1.807) is 0 Å². The Hall–Kier alpha value is -0.570. The Labute approximate surface area is 110 Å². The maximum absolute atomic E-state index is 12.3. The average molecular weight is 250 g/mol. The van der Waals surface area contributed by atoms with Gasteiger partial charge in [-0.25, -0.2) is 0 Å². The van der Waals surface area contributed by atoms with Gasteiger partial charge < -0.3 is 10.6 Å². The third-order valence-corrected chi connectivity index (χ3v) is 5.40. The van der Waals surface area contributed by atoms with Gasteiger partial charge in [0.2, 0.25) is 5.91 Å². The van der Waals surface area contributed by atoms with E-state index in [4.69, 9.17) is 0 Å². The molecule has 0 radical (unpaired) electrons. The van der Waals surface area contributed by atoms with Gasteiger partial charge in [-0.1, -0.05) is 19.8 Å². The van der Waals surface area contributed by atoms with E-state index in [0.717, 1.165) is 30.8 Å². The Morgan fingerprint density at radius 1 is 1.28 bits per heavy atom. The van der Waals surface area contributed by atoms with Crippen LogP contribution in [0.3, 0.4) is 0 Å². The van der Waals surface area contributed by atoms with Crippen molar-refractivity contribution >= 4 is 5.91 Å². The zero-order valence-corrected chi connectivity index (χ0v) is 11.5. The van der Waals surface area contributed by atoms with Gasteiger partial charge in [0.05, 0.1) is 6.04 Å². The highest BCUT2D eigenvalue weighted by Crippen LogP contribution is 2.37. The molecule has 102 valence electrons. The minimum atomic E-state index is 0.108. The summed E-state index contributed by atoms with van der Waals surface area (Å²) in [5.41, 5.74) is 0. The molecule has 2 N–H and O–H groups in total. The van der Waals surface area contributed by atoms with E-state index < -0.39 is 0 Å². The molecule has 1 saturated heterocycles. The summed E-state index contributed by atoms with van der Waals surface area (Å²) in [7, 11) is 0. The summed E-state index contributed by atoms with van der Waals surface area (Å²) in [5.74, 6) is 3.24. The normalized spacial score (nSPS) is 43.1. The van der Waals surface area contributed by atoms with Crippen molar-refractivity contribution in [1.82, 2.24) is 10.6 Å². The largest absolute Gasteiger partial charge is 0.354 e. The highest BCUT2D eigenvalue weighted by Gasteiger charge is 2.42. The molecule has 3 heteroatoms.